The van der Waals surface area contributed by atoms with Gasteiger partial charge in [-0.15, -0.1) is 0 Å². The van der Waals surface area contributed by atoms with Crippen molar-refractivity contribution < 1.29 is 9.47 Å². The number of benzene rings is 1. The summed E-state index contributed by atoms with van der Waals surface area (Å²) >= 11 is 6.32. The molecule has 0 radical (unpaired) electrons. The van der Waals surface area contributed by atoms with Gasteiger partial charge in [-0.1, -0.05) is 23.7 Å². The fourth-order valence-corrected chi connectivity index (χ4v) is 3.15. The lowest BCUT2D eigenvalue weighted by Gasteiger charge is -2.26. The van der Waals surface area contributed by atoms with E-state index in [1.165, 1.54) is 0 Å². The Morgan fingerprint density at radius 2 is 1.86 bits per heavy atom. The standard InChI is InChI=1S/C16H15ClN2O2/c17-15-10-5-1-2-6-11(10)18-16(19-15)14-9-20-12-7-3-4-8-13(12)21-14/h3-4,7-8,14H,1-2,5-6,9H2. The summed E-state index contributed by atoms with van der Waals surface area (Å²) in [6.45, 7) is 0.409. The van der Waals surface area contributed by atoms with Crippen LogP contribution in [0.25, 0.3) is 0 Å². The van der Waals surface area contributed by atoms with E-state index in [4.69, 9.17) is 21.1 Å². The summed E-state index contributed by atoms with van der Waals surface area (Å²) in [4.78, 5) is 9.10. The smallest absolute Gasteiger partial charge is 0.192 e. The third-order valence-electron chi connectivity index (χ3n) is 3.95. The molecule has 0 amide bonds. The van der Waals surface area contributed by atoms with Crippen molar-refractivity contribution in [1.29, 1.82) is 0 Å². The van der Waals surface area contributed by atoms with Gasteiger partial charge in [0, 0.05) is 11.3 Å². The van der Waals surface area contributed by atoms with E-state index in [9.17, 15) is 0 Å². The van der Waals surface area contributed by atoms with Crippen molar-refractivity contribution in [2.24, 2.45) is 0 Å². The van der Waals surface area contributed by atoms with Crippen LogP contribution in [0.2, 0.25) is 5.15 Å². The first-order valence-electron chi connectivity index (χ1n) is 7.25. The van der Waals surface area contributed by atoms with E-state index in [2.05, 4.69) is 9.97 Å². The van der Waals surface area contributed by atoms with Crippen molar-refractivity contribution >= 4 is 11.6 Å². The van der Waals surface area contributed by atoms with Crippen LogP contribution in [-0.4, -0.2) is 16.6 Å². The number of fused-ring (bicyclic) bond motifs is 2. The van der Waals surface area contributed by atoms with Gasteiger partial charge in [0.15, 0.2) is 23.4 Å². The Hall–Kier alpha value is -1.81. The number of rotatable bonds is 1. The van der Waals surface area contributed by atoms with E-state index in [0.717, 1.165) is 48.4 Å². The maximum Gasteiger partial charge on any atom is 0.192 e. The van der Waals surface area contributed by atoms with E-state index in [0.29, 0.717) is 17.6 Å². The Kier molecular flexibility index (Phi) is 3.19. The van der Waals surface area contributed by atoms with E-state index >= 15 is 0 Å². The van der Waals surface area contributed by atoms with Gasteiger partial charge in [0.25, 0.3) is 0 Å². The molecule has 2 aromatic rings. The molecule has 0 saturated carbocycles. The second-order valence-corrected chi connectivity index (χ2v) is 5.73. The van der Waals surface area contributed by atoms with E-state index in [1.54, 1.807) is 0 Å². The van der Waals surface area contributed by atoms with Gasteiger partial charge in [0.2, 0.25) is 0 Å². The topological polar surface area (TPSA) is 44.2 Å². The number of aryl methyl sites for hydroxylation is 1. The van der Waals surface area contributed by atoms with Gasteiger partial charge in [0.05, 0.1) is 0 Å². The molecule has 2 aliphatic rings. The second kappa shape index (κ2) is 5.19. The van der Waals surface area contributed by atoms with Crippen LogP contribution in [0.4, 0.5) is 0 Å². The first-order chi connectivity index (χ1) is 10.3. The molecule has 1 aliphatic carbocycles. The maximum absolute atomic E-state index is 6.32. The lowest BCUT2D eigenvalue weighted by Crippen LogP contribution is -2.25. The highest BCUT2D eigenvalue weighted by atomic mass is 35.5. The molecule has 21 heavy (non-hydrogen) atoms. The zero-order chi connectivity index (χ0) is 14.2. The largest absolute Gasteiger partial charge is 0.485 e. The summed E-state index contributed by atoms with van der Waals surface area (Å²) in [5.74, 6) is 2.11. The van der Waals surface area contributed by atoms with Crippen molar-refractivity contribution in [3.8, 4) is 11.5 Å². The Morgan fingerprint density at radius 1 is 1.05 bits per heavy atom. The molecule has 1 aliphatic heterocycles. The van der Waals surface area contributed by atoms with Crippen molar-refractivity contribution in [2.75, 3.05) is 6.61 Å². The molecule has 0 N–H and O–H groups in total. The minimum atomic E-state index is -0.301. The highest BCUT2D eigenvalue weighted by Crippen LogP contribution is 2.36. The normalized spacial score (nSPS) is 20.0. The third-order valence-corrected chi connectivity index (χ3v) is 4.26. The molecule has 1 unspecified atom stereocenters. The first kappa shape index (κ1) is 12.9. The molecular formula is C16H15ClN2O2. The Balaban J connectivity index is 1.67. The van der Waals surface area contributed by atoms with Gasteiger partial charge >= 0.3 is 0 Å². The van der Waals surface area contributed by atoms with Crippen molar-refractivity contribution in [1.82, 2.24) is 9.97 Å². The molecular weight excluding hydrogens is 288 g/mol. The van der Waals surface area contributed by atoms with Crippen LogP contribution >= 0.6 is 11.6 Å². The van der Waals surface area contributed by atoms with Crippen LogP contribution in [0.1, 0.15) is 36.0 Å². The molecule has 0 bridgehead atoms. The number of halogens is 1. The molecule has 0 spiro atoms. The monoisotopic (exact) mass is 302 g/mol. The van der Waals surface area contributed by atoms with Crippen molar-refractivity contribution in [2.45, 2.75) is 31.8 Å². The van der Waals surface area contributed by atoms with Crippen LogP contribution in [-0.2, 0) is 12.8 Å². The van der Waals surface area contributed by atoms with Crippen LogP contribution in [0.5, 0.6) is 11.5 Å². The van der Waals surface area contributed by atoms with Crippen molar-refractivity contribution in [3.05, 3.63) is 46.5 Å². The highest BCUT2D eigenvalue weighted by molar-refractivity contribution is 6.30. The zero-order valence-electron chi connectivity index (χ0n) is 11.5. The molecule has 2 heterocycles. The fraction of sp³-hybridized carbons (Fsp3) is 0.375. The average molecular weight is 303 g/mol. The quantitative estimate of drug-likeness (QED) is 0.756. The molecule has 1 aromatic carbocycles. The predicted molar refractivity (Wildman–Crippen MR) is 79.0 cm³/mol. The molecule has 4 nitrogen and oxygen atoms in total. The maximum atomic E-state index is 6.32. The number of aromatic nitrogens is 2. The zero-order valence-corrected chi connectivity index (χ0v) is 12.3. The molecule has 5 heteroatoms. The number of ether oxygens (including phenoxy) is 2. The Morgan fingerprint density at radius 3 is 2.76 bits per heavy atom. The Labute approximate surface area is 128 Å². The third kappa shape index (κ3) is 2.33. The fourth-order valence-electron chi connectivity index (χ4n) is 2.86. The summed E-state index contributed by atoms with van der Waals surface area (Å²) in [5, 5.41) is 0.567. The molecule has 4 rings (SSSR count). The van der Waals surface area contributed by atoms with E-state index < -0.39 is 0 Å². The molecule has 108 valence electrons. The highest BCUT2D eigenvalue weighted by Gasteiger charge is 2.27. The van der Waals surface area contributed by atoms with Gasteiger partial charge in [-0.2, -0.15) is 0 Å². The lowest BCUT2D eigenvalue weighted by atomic mass is 9.97. The van der Waals surface area contributed by atoms with Gasteiger partial charge in [0.1, 0.15) is 11.8 Å². The van der Waals surface area contributed by atoms with E-state index in [-0.39, 0.29) is 6.10 Å². The number of hydrogen-bond acceptors (Lipinski definition) is 4. The summed E-state index contributed by atoms with van der Waals surface area (Å²) in [6.07, 6.45) is 3.95. The van der Waals surface area contributed by atoms with Gasteiger partial charge in [-0.05, 0) is 37.8 Å². The molecule has 1 aromatic heterocycles. The average Bonchev–Trinajstić information content (AvgIpc) is 2.54. The Bertz CT molecular complexity index is 690. The minimum absolute atomic E-state index is 0.301. The van der Waals surface area contributed by atoms with Crippen LogP contribution < -0.4 is 9.47 Å². The van der Waals surface area contributed by atoms with Gasteiger partial charge in [-0.3, -0.25) is 0 Å². The SMILES string of the molecule is Clc1nc(C2COc3ccccc3O2)nc2c1CCCC2. The minimum Gasteiger partial charge on any atom is -0.485 e. The van der Waals surface area contributed by atoms with Crippen LogP contribution in [0.3, 0.4) is 0 Å². The molecule has 0 saturated heterocycles. The first-order valence-corrected chi connectivity index (χ1v) is 7.63. The van der Waals surface area contributed by atoms with E-state index in [1.807, 2.05) is 24.3 Å². The van der Waals surface area contributed by atoms with Gasteiger partial charge < -0.3 is 9.47 Å². The predicted octanol–water partition coefficient (Wildman–Crippen LogP) is 3.52. The second-order valence-electron chi connectivity index (χ2n) is 5.37. The molecule has 1 atom stereocenters. The van der Waals surface area contributed by atoms with Gasteiger partial charge in [-0.25, -0.2) is 9.97 Å². The summed E-state index contributed by atoms with van der Waals surface area (Å²) in [6, 6.07) is 7.63. The number of para-hydroxylation sites is 2. The summed E-state index contributed by atoms with van der Waals surface area (Å²) in [7, 11) is 0. The van der Waals surface area contributed by atoms with Crippen molar-refractivity contribution in [3.63, 3.8) is 0 Å². The summed E-state index contributed by atoms with van der Waals surface area (Å²) < 4.78 is 11.7. The van der Waals surface area contributed by atoms with Crippen LogP contribution in [0, 0.1) is 0 Å². The number of hydrogen-bond donors (Lipinski definition) is 0. The molecule has 0 fully saturated rings. The lowest BCUT2D eigenvalue weighted by molar-refractivity contribution is 0.0848. The number of nitrogens with zero attached hydrogens (tertiary/aromatic N) is 2. The summed E-state index contributed by atoms with van der Waals surface area (Å²) in [5.41, 5.74) is 2.17. The van der Waals surface area contributed by atoms with Crippen LogP contribution in [0.15, 0.2) is 24.3 Å².